The molecule has 3 rings (SSSR count). The number of aromatic nitrogens is 1. The third kappa shape index (κ3) is 2.71. The normalized spacial score (nSPS) is 15.1. The molecule has 2 heterocycles. The van der Waals surface area contributed by atoms with E-state index in [1.165, 1.54) is 5.69 Å². The molecule has 5 nitrogen and oxygen atoms in total. The van der Waals surface area contributed by atoms with Crippen molar-refractivity contribution in [3.63, 3.8) is 0 Å². The van der Waals surface area contributed by atoms with Crippen molar-refractivity contribution in [2.45, 2.75) is 19.5 Å². The molecule has 0 spiro atoms. The van der Waals surface area contributed by atoms with Crippen LogP contribution in [0.3, 0.4) is 0 Å². The van der Waals surface area contributed by atoms with Gasteiger partial charge in [0.2, 0.25) is 0 Å². The van der Waals surface area contributed by atoms with Gasteiger partial charge in [0.05, 0.1) is 24.1 Å². The lowest BCUT2D eigenvalue weighted by molar-refractivity contribution is -0.137. The highest BCUT2D eigenvalue weighted by molar-refractivity contribution is 6.32. The van der Waals surface area contributed by atoms with Crippen molar-refractivity contribution in [2.75, 3.05) is 20.2 Å². The van der Waals surface area contributed by atoms with Crippen LogP contribution in [-0.4, -0.2) is 40.7 Å². The first kappa shape index (κ1) is 14.2. The Balaban J connectivity index is 1.89. The standard InChI is InChI=1S/C15H17ClN2O3/c1-21-14-7-10-6-11-9-17(3-2-15(19)20)4-5-18(11)13(10)8-12(14)16/h6-8H,2-5,9H2,1H3,(H,19,20). The smallest absolute Gasteiger partial charge is 0.304 e. The summed E-state index contributed by atoms with van der Waals surface area (Å²) in [6.07, 6.45) is 0.180. The molecular weight excluding hydrogens is 292 g/mol. The molecule has 21 heavy (non-hydrogen) atoms. The summed E-state index contributed by atoms with van der Waals surface area (Å²) in [7, 11) is 1.61. The number of rotatable bonds is 4. The first-order valence-corrected chi connectivity index (χ1v) is 7.26. The number of nitrogens with zero attached hydrogens (tertiary/aromatic N) is 2. The lowest BCUT2D eigenvalue weighted by Gasteiger charge is -2.28. The zero-order chi connectivity index (χ0) is 15.0. The predicted octanol–water partition coefficient (Wildman–Crippen LogP) is 2.59. The van der Waals surface area contributed by atoms with Crippen molar-refractivity contribution in [1.82, 2.24) is 9.47 Å². The molecule has 0 saturated heterocycles. The van der Waals surface area contributed by atoms with Gasteiger partial charge in [0.25, 0.3) is 0 Å². The van der Waals surface area contributed by atoms with Gasteiger partial charge in [-0.1, -0.05) is 11.6 Å². The van der Waals surface area contributed by atoms with Crippen molar-refractivity contribution in [3.05, 3.63) is 28.9 Å². The highest BCUT2D eigenvalue weighted by atomic mass is 35.5. The molecule has 1 aromatic heterocycles. The Bertz CT molecular complexity index is 696. The quantitative estimate of drug-likeness (QED) is 0.943. The summed E-state index contributed by atoms with van der Waals surface area (Å²) in [6.45, 7) is 3.05. The summed E-state index contributed by atoms with van der Waals surface area (Å²) in [4.78, 5) is 12.8. The molecule has 0 unspecified atom stereocenters. The summed E-state index contributed by atoms with van der Waals surface area (Å²) in [5, 5.41) is 10.5. The molecule has 1 aliphatic heterocycles. The Kier molecular flexibility index (Phi) is 3.78. The molecule has 0 atom stereocenters. The van der Waals surface area contributed by atoms with Gasteiger partial charge in [-0.2, -0.15) is 0 Å². The fourth-order valence-electron chi connectivity index (χ4n) is 2.87. The molecule has 1 aromatic carbocycles. The van der Waals surface area contributed by atoms with Crippen LogP contribution in [0.25, 0.3) is 10.9 Å². The highest BCUT2D eigenvalue weighted by Gasteiger charge is 2.20. The largest absolute Gasteiger partial charge is 0.495 e. The van der Waals surface area contributed by atoms with Crippen molar-refractivity contribution in [2.24, 2.45) is 0 Å². The third-order valence-corrected chi connectivity index (χ3v) is 4.22. The number of hydrogen-bond donors (Lipinski definition) is 1. The van der Waals surface area contributed by atoms with Crippen LogP contribution < -0.4 is 4.74 Å². The minimum Gasteiger partial charge on any atom is -0.495 e. The Hall–Kier alpha value is -1.72. The molecule has 112 valence electrons. The summed E-state index contributed by atoms with van der Waals surface area (Å²) >= 11 is 6.20. The van der Waals surface area contributed by atoms with E-state index in [0.29, 0.717) is 17.3 Å². The van der Waals surface area contributed by atoms with Gasteiger partial charge in [-0.3, -0.25) is 9.69 Å². The predicted molar refractivity (Wildman–Crippen MR) is 81.0 cm³/mol. The fraction of sp³-hybridized carbons (Fsp3) is 0.400. The maximum atomic E-state index is 10.7. The summed E-state index contributed by atoms with van der Waals surface area (Å²) in [5.74, 6) is -0.0764. The third-order valence-electron chi connectivity index (χ3n) is 3.93. The van der Waals surface area contributed by atoms with Gasteiger partial charge in [0, 0.05) is 37.3 Å². The van der Waals surface area contributed by atoms with Crippen molar-refractivity contribution in [3.8, 4) is 5.75 Å². The number of carbonyl (C=O) groups is 1. The van der Waals surface area contributed by atoms with Crippen LogP contribution >= 0.6 is 11.6 Å². The van der Waals surface area contributed by atoms with E-state index in [4.69, 9.17) is 21.4 Å². The Morgan fingerprint density at radius 1 is 1.38 bits per heavy atom. The molecule has 0 amide bonds. The van der Waals surface area contributed by atoms with E-state index in [2.05, 4.69) is 15.5 Å². The monoisotopic (exact) mass is 308 g/mol. The van der Waals surface area contributed by atoms with E-state index >= 15 is 0 Å². The van der Waals surface area contributed by atoms with E-state index in [9.17, 15) is 4.79 Å². The second-order valence-electron chi connectivity index (χ2n) is 5.25. The topological polar surface area (TPSA) is 54.7 Å². The van der Waals surface area contributed by atoms with Crippen LogP contribution in [0.4, 0.5) is 0 Å². The van der Waals surface area contributed by atoms with Crippen LogP contribution in [0, 0.1) is 0 Å². The van der Waals surface area contributed by atoms with Gasteiger partial charge in [0.15, 0.2) is 0 Å². The molecule has 0 aliphatic carbocycles. The van der Waals surface area contributed by atoms with Crippen molar-refractivity contribution in [1.29, 1.82) is 0 Å². The Morgan fingerprint density at radius 3 is 2.90 bits per heavy atom. The van der Waals surface area contributed by atoms with Crippen LogP contribution in [0.15, 0.2) is 18.2 Å². The number of methoxy groups -OCH3 is 1. The zero-order valence-corrected chi connectivity index (χ0v) is 12.6. The maximum absolute atomic E-state index is 10.7. The van der Waals surface area contributed by atoms with Crippen molar-refractivity contribution < 1.29 is 14.6 Å². The van der Waals surface area contributed by atoms with Gasteiger partial charge in [-0.15, -0.1) is 0 Å². The van der Waals surface area contributed by atoms with Crippen LogP contribution in [0.5, 0.6) is 5.75 Å². The Morgan fingerprint density at radius 2 is 2.19 bits per heavy atom. The molecular formula is C15H17ClN2O3. The Labute approximate surface area is 127 Å². The number of ether oxygens (including phenoxy) is 1. The van der Waals surface area contributed by atoms with Crippen molar-refractivity contribution >= 4 is 28.5 Å². The molecule has 0 radical (unpaired) electrons. The SMILES string of the molecule is COc1cc2cc3n(c2cc1Cl)CCN(CCC(=O)O)C3. The summed E-state index contributed by atoms with van der Waals surface area (Å²) < 4.78 is 7.50. The molecule has 2 aromatic rings. The number of carboxylic acids is 1. The summed E-state index contributed by atoms with van der Waals surface area (Å²) in [5.41, 5.74) is 2.29. The average Bonchev–Trinajstić information content (AvgIpc) is 2.80. The zero-order valence-electron chi connectivity index (χ0n) is 11.8. The lowest BCUT2D eigenvalue weighted by Crippen LogP contribution is -2.34. The number of aliphatic carboxylic acids is 1. The fourth-order valence-corrected chi connectivity index (χ4v) is 3.10. The average molecular weight is 309 g/mol. The second-order valence-corrected chi connectivity index (χ2v) is 5.66. The first-order valence-electron chi connectivity index (χ1n) is 6.88. The molecule has 0 bridgehead atoms. The van der Waals surface area contributed by atoms with Gasteiger partial charge >= 0.3 is 5.97 Å². The van der Waals surface area contributed by atoms with Crippen LogP contribution in [0.2, 0.25) is 5.02 Å². The summed E-state index contributed by atoms with van der Waals surface area (Å²) in [6, 6.07) is 6.01. The number of hydrogen-bond acceptors (Lipinski definition) is 3. The van der Waals surface area contributed by atoms with Gasteiger partial charge < -0.3 is 14.4 Å². The number of carboxylic acid groups (broad SMARTS) is 1. The second kappa shape index (κ2) is 5.58. The molecule has 0 fully saturated rings. The highest BCUT2D eigenvalue weighted by Crippen LogP contribution is 2.33. The molecule has 1 N–H and O–H groups in total. The van der Waals surface area contributed by atoms with Gasteiger partial charge in [-0.05, 0) is 18.2 Å². The van der Waals surface area contributed by atoms with Crippen LogP contribution in [-0.2, 0) is 17.9 Å². The molecule has 1 aliphatic rings. The van der Waals surface area contributed by atoms with Gasteiger partial charge in [0.1, 0.15) is 5.75 Å². The minimum absolute atomic E-state index is 0.180. The number of halogens is 1. The number of benzene rings is 1. The molecule has 0 saturated carbocycles. The lowest BCUT2D eigenvalue weighted by atomic mass is 10.2. The van der Waals surface area contributed by atoms with E-state index in [0.717, 1.165) is 30.5 Å². The minimum atomic E-state index is -0.752. The molecule has 6 heteroatoms. The number of fused-ring (bicyclic) bond motifs is 3. The van der Waals surface area contributed by atoms with Gasteiger partial charge in [-0.25, -0.2) is 0 Å². The van der Waals surface area contributed by atoms with E-state index in [1.54, 1.807) is 7.11 Å². The maximum Gasteiger partial charge on any atom is 0.304 e. The van der Waals surface area contributed by atoms with E-state index < -0.39 is 5.97 Å². The van der Waals surface area contributed by atoms with E-state index in [1.807, 2.05) is 12.1 Å². The van der Waals surface area contributed by atoms with Crippen LogP contribution in [0.1, 0.15) is 12.1 Å². The van der Waals surface area contributed by atoms with E-state index in [-0.39, 0.29) is 6.42 Å². The first-order chi connectivity index (χ1) is 10.1.